The third-order valence-electron chi connectivity index (χ3n) is 4.68. The second-order valence-electron chi connectivity index (χ2n) is 7.48. The van der Waals surface area contributed by atoms with Crippen LogP contribution in [0.1, 0.15) is 35.7 Å². The standard InChI is InChI=1S/C22H21ClN4O2/c1-14(2)8-17-11-21(22(28)29)24-26(17)13-19-10-16(23)9-18-12-20(25-27(18)19)15-6-4-3-5-7-15/h3-7,9-12,14H,8,13H2,1-2H3,(H,28,29). The van der Waals surface area contributed by atoms with Crippen molar-refractivity contribution in [3.63, 3.8) is 0 Å². The fraction of sp³-hybridized carbons (Fsp3) is 0.227. The van der Waals surface area contributed by atoms with Crippen LogP contribution in [0.2, 0.25) is 5.02 Å². The summed E-state index contributed by atoms with van der Waals surface area (Å²) in [7, 11) is 0. The number of carbonyl (C=O) groups is 1. The van der Waals surface area contributed by atoms with Gasteiger partial charge >= 0.3 is 5.97 Å². The predicted octanol–water partition coefficient (Wildman–Crippen LogP) is 4.80. The van der Waals surface area contributed by atoms with Gasteiger partial charge in [-0.15, -0.1) is 0 Å². The molecule has 0 unspecified atom stereocenters. The highest BCUT2D eigenvalue weighted by atomic mass is 35.5. The van der Waals surface area contributed by atoms with Crippen LogP contribution in [0.15, 0.2) is 54.6 Å². The van der Waals surface area contributed by atoms with Crippen molar-refractivity contribution in [1.82, 2.24) is 19.4 Å². The summed E-state index contributed by atoms with van der Waals surface area (Å²) in [5, 5.41) is 19.0. The van der Waals surface area contributed by atoms with Crippen molar-refractivity contribution in [1.29, 1.82) is 0 Å². The molecule has 0 spiro atoms. The van der Waals surface area contributed by atoms with Crippen LogP contribution in [0.3, 0.4) is 0 Å². The Kier molecular flexibility index (Phi) is 5.11. The number of benzene rings is 1. The van der Waals surface area contributed by atoms with Crippen molar-refractivity contribution in [2.45, 2.75) is 26.8 Å². The largest absolute Gasteiger partial charge is 0.476 e. The Morgan fingerprint density at radius 2 is 1.83 bits per heavy atom. The van der Waals surface area contributed by atoms with E-state index in [2.05, 4.69) is 18.9 Å². The molecule has 4 rings (SSSR count). The Labute approximate surface area is 173 Å². The summed E-state index contributed by atoms with van der Waals surface area (Å²) in [6.45, 7) is 4.56. The molecule has 29 heavy (non-hydrogen) atoms. The summed E-state index contributed by atoms with van der Waals surface area (Å²) in [6.07, 6.45) is 0.734. The molecule has 1 N–H and O–H groups in total. The van der Waals surface area contributed by atoms with E-state index in [4.69, 9.17) is 16.7 Å². The van der Waals surface area contributed by atoms with Gasteiger partial charge in [-0.05, 0) is 36.6 Å². The van der Waals surface area contributed by atoms with Gasteiger partial charge in [-0.25, -0.2) is 9.31 Å². The van der Waals surface area contributed by atoms with Crippen LogP contribution in [0.4, 0.5) is 0 Å². The minimum absolute atomic E-state index is 0.0457. The van der Waals surface area contributed by atoms with Gasteiger partial charge in [0.1, 0.15) is 0 Å². The molecule has 1 aromatic carbocycles. The van der Waals surface area contributed by atoms with Crippen LogP contribution in [0.25, 0.3) is 16.8 Å². The van der Waals surface area contributed by atoms with Gasteiger partial charge in [-0.3, -0.25) is 4.68 Å². The van der Waals surface area contributed by atoms with Crippen LogP contribution >= 0.6 is 11.6 Å². The molecule has 6 nitrogen and oxygen atoms in total. The second-order valence-corrected chi connectivity index (χ2v) is 7.92. The molecular formula is C22H21ClN4O2. The van der Waals surface area contributed by atoms with Gasteiger partial charge in [0.15, 0.2) is 5.69 Å². The Bertz CT molecular complexity index is 1180. The van der Waals surface area contributed by atoms with Gasteiger partial charge in [0.25, 0.3) is 0 Å². The van der Waals surface area contributed by atoms with Crippen molar-refractivity contribution in [2.75, 3.05) is 0 Å². The number of hydrogen-bond acceptors (Lipinski definition) is 3. The fourth-order valence-corrected chi connectivity index (χ4v) is 3.66. The first-order chi connectivity index (χ1) is 13.9. The van der Waals surface area contributed by atoms with E-state index in [0.29, 0.717) is 17.5 Å². The molecular weight excluding hydrogens is 388 g/mol. The summed E-state index contributed by atoms with van der Waals surface area (Å²) < 4.78 is 3.58. The molecule has 0 saturated carbocycles. The van der Waals surface area contributed by atoms with E-state index in [1.165, 1.54) is 0 Å². The summed E-state index contributed by atoms with van der Waals surface area (Å²) in [4.78, 5) is 11.4. The highest BCUT2D eigenvalue weighted by Crippen LogP contribution is 2.24. The van der Waals surface area contributed by atoms with Gasteiger partial charge in [0, 0.05) is 16.3 Å². The number of nitrogens with zero attached hydrogens (tertiary/aromatic N) is 4. The average Bonchev–Trinajstić information content (AvgIpc) is 3.26. The maximum absolute atomic E-state index is 11.4. The van der Waals surface area contributed by atoms with E-state index in [1.54, 1.807) is 10.7 Å². The molecule has 7 heteroatoms. The highest BCUT2D eigenvalue weighted by Gasteiger charge is 2.16. The molecule has 0 aliphatic carbocycles. The first-order valence-electron chi connectivity index (χ1n) is 9.44. The number of carboxylic acid groups (broad SMARTS) is 1. The van der Waals surface area contributed by atoms with E-state index >= 15 is 0 Å². The third-order valence-corrected chi connectivity index (χ3v) is 4.90. The minimum atomic E-state index is -1.03. The molecule has 148 valence electrons. The summed E-state index contributed by atoms with van der Waals surface area (Å²) in [5.74, 6) is -0.656. The summed E-state index contributed by atoms with van der Waals surface area (Å²) in [5.41, 5.74) is 4.50. The average molecular weight is 409 g/mol. The predicted molar refractivity (Wildman–Crippen MR) is 112 cm³/mol. The monoisotopic (exact) mass is 408 g/mol. The van der Waals surface area contributed by atoms with Crippen LogP contribution in [0.5, 0.6) is 0 Å². The van der Waals surface area contributed by atoms with Gasteiger partial charge in [0.2, 0.25) is 0 Å². The zero-order valence-corrected chi connectivity index (χ0v) is 17.0. The van der Waals surface area contributed by atoms with Crippen LogP contribution in [-0.2, 0) is 13.0 Å². The molecule has 3 aromatic heterocycles. The lowest BCUT2D eigenvalue weighted by Crippen LogP contribution is -2.12. The number of aromatic nitrogens is 4. The van der Waals surface area contributed by atoms with Gasteiger partial charge in [-0.1, -0.05) is 55.8 Å². The molecule has 4 aromatic rings. The van der Waals surface area contributed by atoms with Crippen molar-refractivity contribution in [3.05, 3.63) is 76.7 Å². The quantitative estimate of drug-likeness (QED) is 0.497. The first-order valence-corrected chi connectivity index (χ1v) is 9.82. The number of halogens is 1. The zero-order chi connectivity index (χ0) is 20.5. The van der Waals surface area contributed by atoms with Crippen LogP contribution in [0, 0.1) is 5.92 Å². The molecule has 0 fully saturated rings. The van der Waals surface area contributed by atoms with Crippen molar-refractivity contribution in [2.24, 2.45) is 5.92 Å². The lowest BCUT2D eigenvalue weighted by molar-refractivity contribution is 0.0689. The number of aromatic carboxylic acids is 1. The Balaban J connectivity index is 1.78. The summed E-state index contributed by atoms with van der Waals surface area (Å²) in [6, 6.07) is 17.3. The Morgan fingerprint density at radius 1 is 1.07 bits per heavy atom. The molecule has 0 saturated heterocycles. The number of rotatable bonds is 6. The van der Waals surface area contributed by atoms with E-state index in [1.807, 2.05) is 53.0 Å². The van der Waals surface area contributed by atoms with Crippen molar-refractivity contribution >= 4 is 23.1 Å². The number of hydrogen-bond donors (Lipinski definition) is 1. The fourth-order valence-electron chi connectivity index (χ4n) is 3.43. The third kappa shape index (κ3) is 4.03. The van der Waals surface area contributed by atoms with E-state index < -0.39 is 5.97 Å². The normalized spacial score (nSPS) is 11.4. The number of carboxylic acids is 1. The van der Waals surface area contributed by atoms with E-state index in [0.717, 1.165) is 34.6 Å². The van der Waals surface area contributed by atoms with Gasteiger partial charge in [0.05, 0.1) is 23.4 Å². The minimum Gasteiger partial charge on any atom is -0.476 e. The van der Waals surface area contributed by atoms with E-state index in [9.17, 15) is 9.90 Å². The second kappa shape index (κ2) is 7.72. The SMILES string of the molecule is CC(C)Cc1cc(C(=O)O)nn1Cc1cc(Cl)cc2cc(-c3ccccc3)nn12. The Morgan fingerprint density at radius 3 is 2.52 bits per heavy atom. The topological polar surface area (TPSA) is 72.4 Å². The highest BCUT2D eigenvalue weighted by molar-refractivity contribution is 6.31. The lowest BCUT2D eigenvalue weighted by atomic mass is 10.1. The lowest BCUT2D eigenvalue weighted by Gasteiger charge is -2.11. The molecule has 0 aliphatic heterocycles. The van der Waals surface area contributed by atoms with Crippen LogP contribution < -0.4 is 0 Å². The molecule has 0 bridgehead atoms. The number of fused-ring (bicyclic) bond motifs is 1. The zero-order valence-electron chi connectivity index (χ0n) is 16.2. The maximum Gasteiger partial charge on any atom is 0.356 e. The maximum atomic E-state index is 11.4. The molecule has 0 aliphatic rings. The Hall–Kier alpha value is -3.12. The van der Waals surface area contributed by atoms with Crippen molar-refractivity contribution in [3.8, 4) is 11.3 Å². The number of pyridine rings is 1. The molecule has 0 atom stereocenters. The van der Waals surface area contributed by atoms with Gasteiger partial charge in [-0.2, -0.15) is 10.2 Å². The van der Waals surface area contributed by atoms with E-state index in [-0.39, 0.29) is 5.69 Å². The molecule has 3 heterocycles. The molecule has 0 amide bonds. The van der Waals surface area contributed by atoms with Gasteiger partial charge < -0.3 is 5.11 Å². The smallest absolute Gasteiger partial charge is 0.356 e. The summed E-state index contributed by atoms with van der Waals surface area (Å²) >= 11 is 6.36. The first kappa shape index (κ1) is 19.2. The van der Waals surface area contributed by atoms with Crippen LogP contribution in [-0.4, -0.2) is 30.5 Å². The van der Waals surface area contributed by atoms with Crippen molar-refractivity contribution < 1.29 is 9.90 Å². The molecule has 0 radical (unpaired) electrons.